The minimum absolute atomic E-state index is 0.235. The SMILES string of the molecule is COc1cc(CNC(=O)c2cc(CNC3=NCCN3)cc(-c3ccc(F)nc3C)n2)cc(OC)c1. The van der Waals surface area contributed by atoms with E-state index in [0.29, 0.717) is 47.5 Å². The molecule has 1 amide bonds. The second-order valence-corrected chi connectivity index (χ2v) is 7.93. The van der Waals surface area contributed by atoms with Crippen LogP contribution in [-0.4, -0.2) is 49.1 Å². The number of hydrogen-bond donors (Lipinski definition) is 3. The van der Waals surface area contributed by atoms with Gasteiger partial charge in [0.15, 0.2) is 5.96 Å². The minimum Gasteiger partial charge on any atom is -0.497 e. The zero-order valence-electron chi connectivity index (χ0n) is 19.8. The molecule has 3 N–H and O–H groups in total. The highest BCUT2D eigenvalue weighted by atomic mass is 19.1. The summed E-state index contributed by atoms with van der Waals surface area (Å²) in [6, 6.07) is 11.9. The number of ether oxygens (including phenoxy) is 2. The summed E-state index contributed by atoms with van der Waals surface area (Å²) in [5.74, 6) is 1.05. The molecule has 0 atom stereocenters. The molecule has 2 aromatic heterocycles. The first-order valence-electron chi connectivity index (χ1n) is 11.1. The third-order valence-corrected chi connectivity index (χ3v) is 5.44. The Labute approximate surface area is 202 Å². The molecule has 0 saturated heterocycles. The third-order valence-electron chi connectivity index (χ3n) is 5.44. The van der Waals surface area contributed by atoms with Crippen molar-refractivity contribution >= 4 is 11.9 Å². The summed E-state index contributed by atoms with van der Waals surface area (Å²) in [7, 11) is 3.14. The fourth-order valence-corrected chi connectivity index (χ4v) is 3.69. The van der Waals surface area contributed by atoms with E-state index in [4.69, 9.17) is 9.47 Å². The summed E-state index contributed by atoms with van der Waals surface area (Å²) in [5.41, 5.74) is 3.54. The number of hydrogen-bond acceptors (Lipinski definition) is 8. The van der Waals surface area contributed by atoms with Crippen molar-refractivity contribution in [3.8, 4) is 22.8 Å². The normalized spacial score (nSPS) is 12.5. The number of halogens is 1. The van der Waals surface area contributed by atoms with E-state index in [1.165, 1.54) is 6.07 Å². The number of guanidine groups is 1. The van der Waals surface area contributed by atoms with Gasteiger partial charge in [-0.1, -0.05) is 0 Å². The summed E-state index contributed by atoms with van der Waals surface area (Å²) in [6.45, 7) is 3.89. The van der Waals surface area contributed by atoms with Crippen molar-refractivity contribution in [2.24, 2.45) is 4.99 Å². The number of nitrogens with zero attached hydrogens (tertiary/aromatic N) is 3. The minimum atomic E-state index is -0.568. The predicted octanol–water partition coefficient (Wildman–Crippen LogP) is 2.59. The van der Waals surface area contributed by atoms with Gasteiger partial charge in [0.2, 0.25) is 5.95 Å². The van der Waals surface area contributed by atoms with Crippen LogP contribution in [-0.2, 0) is 13.1 Å². The number of aliphatic imine (C=N–C) groups is 1. The quantitative estimate of drug-likeness (QED) is 0.427. The summed E-state index contributed by atoms with van der Waals surface area (Å²) in [4.78, 5) is 25.9. The number of aromatic nitrogens is 2. The molecule has 0 fully saturated rings. The molecule has 35 heavy (non-hydrogen) atoms. The van der Waals surface area contributed by atoms with E-state index >= 15 is 0 Å². The lowest BCUT2D eigenvalue weighted by Gasteiger charge is -2.13. The van der Waals surface area contributed by atoms with Crippen LogP contribution in [0.4, 0.5) is 4.39 Å². The number of benzene rings is 1. The van der Waals surface area contributed by atoms with E-state index in [1.807, 2.05) is 18.2 Å². The second kappa shape index (κ2) is 10.8. The molecule has 4 rings (SSSR count). The van der Waals surface area contributed by atoms with Gasteiger partial charge in [-0.15, -0.1) is 0 Å². The Balaban J connectivity index is 1.59. The van der Waals surface area contributed by atoms with Gasteiger partial charge in [0.05, 0.1) is 26.5 Å². The van der Waals surface area contributed by atoms with Crippen LogP contribution in [0.2, 0.25) is 0 Å². The lowest BCUT2D eigenvalue weighted by Crippen LogP contribution is -2.33. The first-order chi connectivity index (χ1) is 16.9. The number of methoxy groups -OCH3 is 2. The van der Waals surface area contributed by atoms with Crippen LogP contribution < -0.4 is 25.4 Å². The number of amides is 1. The standard InChI is InChI=1S/C25H27FN6O3/c1-15-20(4-5-23(26)31-15)21-10-17(14-30-25-27-6-7-28-25)11-22(32-21)24(33)29-13-16-8-18(34-2)12-19(9-16)35-3/h4-5,8-12H,6-7,13-14H2,1-3H3,(H,29,33)(H2,27,28,30). The van der Waals surface area contributed by atoms with Crippen molar-refractivity contribution in [1.82, 2.24) is 25.9 Å². The number of rotatable bonds is 8. The summed E-state index contributed by atoms with van der Waals surface area (Å²) in [5, 5.41) is 9.28. The zero-order valence-corrected chi connectivity index (χ0v) is 19.8. The number of pyridine rings is 2. The monoisotopic (exact) mass is 478 g/mol. The van der Waals surface area contributed by atoms with E-state index in [1.54, 1.807) is 39.3 Å². The van der Waals surface area contributed by atoms with Gasteiger partial charge in [0, 0.05) is 37.0 Å². The highest BCUT2D eigenvalue weighted by Gasteiger charge is 2.15. The summed E-state index contributed by atoms with van der Waals surface area (Å²) in [6.07, 6.45) is 0. The Kier molecular flexibility index (Phi) is 7.39. The van der Waals surface area contributed by atoms with E-state index < -0.39 is 5.95 Å². The van der Waals surface area contributed by atoms with Crippen LogP contribution in [0, 0.1) is 12.9 Å². The number of aryl methyl sites for hydroxylation is 1. The number of carbonyl (C=O) groups excluding carboxylic acids is 1. The number of carbonyl (C=O) groups is 1. The predicted molar refractivity (Wildman–Crippen MR) is 130 cm³/mol. The average Bonchev–Trinajstić information content (AvgIpc) is 3.39. The molecule has 10 heteroatoms. The van der Waals surface area contributed by atoms with Crippen LogP contribution in [0.3, 0.4) is 0 Å². The van der Waals surface area contributed by atoms with Crippen molar-refractivity contribution in [3.05, 3.63) is 70.9 Å². The molecule has 0 spiro atoms. The van der Waals surface area contributed by atoms with E-state index in [2.05, 4.69) is 30.9 Å². The van der Waals surface area contributed by atoms with Gasteiger partial charge in [-0.05, 0) is 54.4 Å². The molecule has 1 aliphatic heterocycles. The lowest BCUT2D eigenvalue weighted by molar-refractivity contribution is 0.0946. The van der Waals surface area contributed by atoms with Crippen LogP contribution >= 0.6 is 0 Å². The van der Waals surface area contributed by atoms with E-state index in [-0.39, 0.29) is 18.1 Å². The Morgan fingerprint density at radius 2 is 1.77 bits per heavy atom. The Morgan fingerprint density at radius 1 is 1.03 bits per heavy atom. The van der Waals surface area contributed by atoms with Crippen LogP contribution in [0.5, 0.6) is 11.5 Å². The largest absolute Gasteiger partial charge is 0.497 e. The lowest BCUT2D eigenvalue weighted by atomic mass is 10.1. The zero-order chi connectivity index (χ0) is 24.8. The molecule has 3 heterocycles. The van der Waals surface area contributed by atoms with Crippen molar-refractivity contribution in [1.29, 1.82) is 0 Å². The molecule has 0 saturated carbocycles. The third kappa shape index (κ3) is 6.03. The Bertz CT molecular complexity index is 1240. The van der Waals surface area contributed by atoms with Gasteiger partial charge in [0.1, 0.15) is 17.2 Å². The second-order valence-electron chi connectivity index (χ2n) is 7.93. The maximum atomic E-state index is 13.6. The van der Waals surface area contributed by atoms with Gasteiger partial charge in [-0.3, -0.25) is 9.79 Å². The van der Waals surface area contributed by atoms with Crippen molar-refractivity contribution in [3.63, 3.8) is 0 Å². The Hall–Kier alpha value is -4.21. The number of nitrogens with one attached hydrogen (secondary N) is 3. The van der Waals surface area contributed by atoms with Crippen molar-refractivity contribution in [2.75, 3.05) is 27.3 Å². The van der Waals surface area contributed by atoms with Crippen LogP contribution in [0.15, 0.2) is 47.5 Å². The van der Waals surface area contributed by atoms with E-state index in [0.717, 1.165) is 17.7 Å². The highest BCUT2D eigenvalue weighted by molar-refractivity contribution is 5.93. The first kappa shape index (κ1) is 23.9. The molecule has 0 bridgehead atoms. The topological polar surface area (TPSA) is 110 Å². The first-order valence-corrected chi connectivity index (χ1v) is 11.1. The average molecular weight is 479 g/mol. The van der Waals surface area contributed by atoms with E-state index in [9.17, 15) is 9.18 Å². The van der Waals surface area contributed by atoms with Crippen LogP contribution in [0.25, 0.3) is 11.3 Å². The smallest absolute Gasteiger partial charge is 0.270 e. The Morgan fingerprint density at radius 3 is 2.43 bits per heavy atom. The van der Waals surface area contributed by atoms with Crippen LogP contribution in [0.1, 0.15) is 27.3 Å². The van der Waals surface area contributed by atoms with Crippen molar-refractivity contribution < 1.29 is 18.7 Å². The van der Waals surface area contributed by atoms with Gasteiger partial charge in [-0.25, -0.2) is 9.97 Å². The molecule has 3 aromatic rings. The molecule has 1 aromatic carbocycles. The highest BCUT2D eigenvalue weighted by Crippen LogP contribution is 2.24. The summed E-state index contributed by atoms with van der Waals surface area (Å²) < 4.78 is 24.2. The fraction of sp³-hybridized carbons (Fsp3) is 0.280. The molecule has 0 aliphatic carbocycles. The molecule has 182 valence electrons. The fourth-order valence-electron chi connectivity index (χ4n) is 3.69. The molecular weight excluding hydrogens is 451 g/mol. The molecular formula is C25H27FN6O3. The van der Waals surface area contributed by atoms with Gasteiger partial charge < -0.3 is 25.4 Å². The van der Waals surface area contributed by atoms with Gasteiger partial charge in [-0.2, -0.15) is 4.39 Å². The molecule has 0 radical (unpaired) electrons. The molecule has 0 unspecified atom stereocenters. The molecule has 1 aliphatic rings. The van der Waals surface area contributed by atoms with Gasteiger partial charge in [0.25, 0.3) is 5.91 Å². The molecule has 9 nitrogen and oxygen atoms in total. The van der Waals surface area contributed by atoms with Crippen molar-refractivity contribution in [2.45, 2.75) is 20.0 Å². The maximum absolute atomic E-state index is 13.6. The van der Waals surface area contributed by atoms with Gasteiger partial charge >= 0.3 is 0 Å². The maximum Gasteiger partial charge on any atom is 0.270 e. The summed E-state index contributed by atoms with van der Waals surface area (Å²) >= 11 is 0.